The van der Waals surface area contributed by atoms with Crippen LogP contribution in [-0.4, -0.2) is 21.0 Å². The molecule has 160 valence electrons. The van der Waals surface area contributed by atoms with Gasteiger partial charge in [0.2, 0.25) is 0 Å². The number of nitrogens with zero attached hydrogens (tertiary/aromatic N) is 2. The Bertz CT molecular complexity index is 1160. The second-order valence-corrected chi connectivity index (χ2v) is 9.22. The summed E-state index contributed by atoms with van der Waals surface area (Å²) in [4.78, 5) is 0. The molecule has 2 aliphatic carbocycles. The number of aliphatic hydroxyl groups excluding tert-OH is 1. The molecular weight excluding hydrogens is 394 g/mol. The predicted octanol–water partition coefficient (Wildman–Crippen LogP) is 5.42. The Kier molecular flexibility index (Phi) is 4.82. The summed E-state index contributed by atoms with van der Waals surface area (Å²) in [5, 5.41) is 15.7. The van der Waals surface area contributed by atoms with Crippen molar-refractivity contribution in [2.24, 2.45) is 11.3 Å². The maximum atomic E-state index is 14.1. The molecule has 2 aromatic carbocycles. The number of allylic oxidation sites excluding steroid dienone is 1. The Morgan fingerprint density at radius 2 is 1.97 bits per heavy atom. The molecule has 0 spiro atoms. The van der Waals surface area contributed by atoms with Crippen LogP contribution in [0.15, 0.2) is 54.2 Å². The normalized spacial score (nSPS) is 23.3. The minimum absolute atomic E-state index is 0.0130. The van der Waals surface area contributed by atoms with E-state index >= 15 is 0 Å². The highest BCUT2D eigenvalue weighted by atomic mass is 19.1. The lowest BCUT2D eigenvalue weighted by Crippen LogP contribution is -2.37. The summed E-state index contributed by atoms with van der Waals surface area (Å²) in [5.74, 6) is -1.18. The van der Waals surface area contributed by atoms with E-state index in [-0.39, 0.29) is 17.8 Å². The standard InChI is InChI=1S/C26H26F2N2O/c1-16-3-8-21(9-4-16)30-24-12-19-6-10-22(26(19,2)14-18(24)15-29-30)25(31)11-17-5-7-20(27)13-23(17)28/h3-5,7-9,12-13,15,22,25,31H,6,10-11,14H2,1-2H3/t22-,25+,26+/m1/s1. The highest BCUT2D eigenvalue weighted by Gasteiger charge is 2.48. The van der Waals surface area contributed by atoms with E-state index in [1.807, 2.05) is 10.9 Å². The Hall–Kier alpha value is -2.79. The molecule has 3 aromatic rings. The van der Waals surface area contributed by atoms with E-state index in [0.29, 0.717) is 5.56 Å². The molecule has 0 radical (unpaired) electrons. The summed E-state index contributed by atoms with van der Waals surface area (Å²) in [7, 11) is 0. The molecule has 0 amide bonds. The van der Waals surface area contributed by atoms with Gasteiger partial charge in [0.15, 0.2) is 0 Å². The Morgan fingerprint density at radius 1 is 1.19 bits per heavy atom. The molecule has 1 N–H and O–H groups in total. The van der Waals surface area contributed by atoms with Crippen LogP contribution in [0.4, 0.5) is 8.78 Å². The molecule has 1 fully saturated rings. The van der Waals surface area contributed by atoms with Gasteiger partial charge in [-0.2, -0.15) is 5.10 Å². The number of aliphatic hydroxyl groups is 1. The van der Waals surface area contributed by atoms with Crippen molar-refractivity contribution in [1.82, 2.24) is 9.78 Å². The molecule has 5 rings (SSSR count). The second-order valence-electron chi connectivity index (χ2n) is 9.22. The van der Waals surface area contributed by atoms with Crippen LogP contribution in [0.5, 0.6) is 0 Å². The van der Waals surface area contributed by atoms with Gasteiger partial charge in [-0.05, 0) is 72.9 Å². The smallest absolute Gasteiger partial charge is 0.129 e. The van der Waals surface area contributed by atoms with Crippen LogP contribution >= 0.6 is 0 Å². The first-order valence-corrected chi connectivity index (χ1v) is 10.8. The first-order chi connectivity index (χ1) is 14.8. The maximum absolute atomic E-state index is 14.1. The summed E-state index contributed by atoms with van der Waals surface area (Å²) >= 11 is 0. The Labute approximate surface area is 181 Å². The number of hydrogen-bond acceptors (Lipinski definition) is 2. The third kappa shape index (κ3) is 3.41. The molecule has 5 heteroatoms. The van der Waals surface area contributed by atoms with Crippen molar-refractivity contribution in [3.05, 3.63) is 88.3 Å². The van der Waals surface area contributed by atoms with E-state index in [1.165, 1.54) is 28.8 Å². The largest absolute Gasteiger partial charge is 0.392 e. The third-order valence-corrected chi connectivity index (χ3v) is 7.22. The molecule has 3 nitrogen and oxygen atoms in total. The SMILES string of the molecule is Cc1ccc(-n2ncc3c2C=C2CC[C@H]([C@@H](O)Cc4ccc(F)cc4F)[C@@]2(C)C3)cc1. The number of hydrogen-bond donors (Lipinski definition) is 1. The van der Waals surface area contributed by atoms with E-state index in [9.17, 15) is 13.9 Å². The van der Waals surface area contributed by atoms with Gasteiger partial charge < -0.3 is 5.11 Å². The molecule has 31 heavy (non-hydrogen) atoms. The average Bonchev–Trinajstić information content (AvgIpc) is 3.28. The van der Waals surface area contributed by atoms with Crippen molar-refractivity contribution in [2.45, 2.75) is 45.6 Å². The first-order valence-electron chi connectivity index (χ1n) is 10.8. The minimum Gasteiger partial charge on any atom is -0.392 e. The summed E-state index contributed by atoms with van der Waals surface area (Å²) < 4.78 is 29.4. The fourth-order valence-electron chi connectivity index (χ4n) is 5.44. The van der Waals surface area contributed by atoms with Crippen LogP contribution in [0.25, 0.3) is 11.8 Å². The Morgan fingerprint density at radius 3 is 2.71 bits per heavy atom. The average molecular weight is 421 g/mol. The van der Waals surface area contributed by atoms with Crippen molar-refractivity contribution in [1.29, 1.82) is 0 Å². The van der Waals surface area contributed by atoms with E-state index in [4.69, 9.17) is 0 Å². The zero-order chi connectivity index (χ0) is 21.8. The molecule has 3 atom stereocenters. The predicted molar refractivity (Wildman–Crippen MR) is 117 cm³/mol. The molecule has 0 unspecified atom stereocenters. The van der Waals surface area contributed by atoms with Gasteiger partial charge in [-0.3, -0.25) is 0 Å². The van der Waals surface area contributed by atoms with Gasteiger partial charge >= 0.3 is 0 Å². The fraction of sp³-hybridized carbons (Fsp3) is 0.346. The van der Waals surface area contributed by atoms with Crippen LogP contribution in [-0.2, 0) is 12.8 Å². The molecule has 1 saturated carbocycles. The fourth-order valence-corrected chi connectivity index (χ4v) is 5.44. The second kappa shape index (κ2) is 7.41. The lowest BCUT2D eigenvalue weighted by molar-refractivity contribution is 0.0560. The molecule has 0 bridgehead atoms. The number of halogens is 2. The van der Waals surface area contributed by atoms with Gasteiger partial charge in [0, 0.05) is 12.5 Å². The summed E-state index contributed by atoms with van der Waals surface area (Å²) in [5.41, 5.74) is 6.00. The van der Waals surface area contributed by atoms with Crippen molar-refractivity contribution in [3.8, 4) is 5.69 Å². The lowest BCUT2D eigenvalue weighted by atomic mass is 9.67. The van der Waals surface area contributed by atoms with Gasteiger partial charge in [0.25, 0.3) is 0 Å². The van der Waals surface area contributed by atoms with Crippen molar-refractivity contribution in [3.63, 3.8) is 0 Å². The van der Waals surface area contributed by atoms with E-state index in [1.54, 1.807) is 0 Å². The lowest BCUT2D eigenvalue weighted by Gasteiger charge is -2.38. The molecular formula is C26H26F2N2O. The zero-order valence-electron chi connectivity index (χ0n) is 17.8. The third-order valence-electron chi connectivity index (χ3n) is 7.22. The highest BCUT2D eigenvalue weighted by molar-refractivity contribution is 5.62. The van der Waals surface area contributed by atoms with Crippen LogP contribution < -0.4 is 0 Å². The van der Waals surface area contributed by atoms with Crippen LogP contribution in [0.3, 0.4) is 0 Å². The summed E-state index contributed by atoms with van der Waals surface area (Å²) in [6.07, 6.45) is 6.22. The van der Waals surface area contributed by atoms with E-state index < -0.39 is 17.7 Å². The number of aromatic nitrogens is 2. The van der Waals surface area contributed by atoms with E-state index in [0.717, 1.165) is 36.7 Å². The number of aryl methyl sites for hydroxylation is 1. The molecule has 0 saturated heterocycles. The first kappa shape index (κ1) is 20.1. The van der Waals surface area contributed by atoms with Crippen LogP contribution in [0.2, 0.25) is 0 Å². The monoisotopic (exact) mass is 420 g/mol. The van der Waals surface area contributed by atoms with Gasteiger partial charge in [-0.25, -0.2) is 13.5 Å². The van der Waals surface area contributed by atoms with Crippen molar-refractivity contribution < 1.29 is 13.9 Å². The molecule has 2 aliphatic rings. The minimum atomic E-state index is -0.690. The van der Waals surface area contributed by atoms with Crippen molar-refractivity contribution >= 4 is 6.08 Å². The van der Waals surface area contributed by atoms with Crippen LogP contribution in [0, 0.1) is 29.9 Å². The molecule has 1 aromatic heterocycles. The highest BCUT2D eigenvalue weighted by Crippen LogP contribution is 2.54. The molecule has 1 heterocycles. The van der Waals surface area contributed by atoms with Gasteiger partial charge in [-0.1, -0.05) is 36.3 Å². The molecule has 0 aliphatic heterocycles. The topological polar surface area (TPSA) is 38.0 Å². The summed E-state index contributed by atoms with van der Waals surface area (Å²) in [6.45, 7) is 4.27. The Balaban J connectivity index is 1.42. The zero-order valence-corrected chi connectivity index (χ0v) is 17.8. The number of rotatable bonds is 4. The van der Waals surface area contributed by atoms with E-state index in [2.05, 4.69) is 49.3 Å². The van der Waals surface area contributed by atoms with Gasteiger partial charge in [0.1, 0.15) is 11.6 Å². The van der Waals surface area contributed by atoms with Crippen LogP contribution in [0.1, 0.15) is 42.1 Å². The van der Waals surface area contributed by atoms with Crippen molar-refractivity contribution in [2.75, 3.05) is 0 Å². The summed E-state index contributed by atoms with van der Waals surface area (Å²) in [6, 6.07) is 11.9. The van der Waals surface area contributed by atoms with Gasteiger partial charge in [0.05, 0.1) is 23.7 Å². The number of fused-ring (bicyclic) bond motifs is 2. The quantitative estimate of drug-likeness (QED) is 0.612. The van der Waals surface area contributed by atoms with Gasteiger partial charge in [-0.15, -0.1) is 0 Å². The number of benzene rings is 2. The maximum Gasteiger partial charge on any atom is 0.129 e.